The van der Waals surface area contributed by atoms with Gasteiger partial charge in [0.15, 0.2) is 17.8 Å². The molecule has 6 nitrogen and oxygen atoms in total. The van der Waals surface area contributed by atoms with Crippen molar-refractivity contribution in [3.8, 4) is 0 Å². The molecule has 0 unspecified atom stereocenters. The van der Waals surface area contributed by atoms with Crippen LogP contribution in [0.2, 0.25) is 0 Å². The molecule has 0 spiro atoms. The van der Waals surface area contributed by atoms with Gasteiger partial charge in [-0.15, -0.1) is 0 Å². The zero-order chi connectivity index (χ0) is 19.2. The van der Waals surface area contributed by atoms with Gasteiger partial charge in [-0.3, -0.25) is 9.59 Å². The fourth-order valence-electron chi connectivity index (χ4n) is 2.85. The van der Waals surface area contributed by atoms with Gasteiger partial charge in [0.2, 0.25) is 5.91 Å². The normalized spacial score (nSPS) is 12.9. The van der Waals surface area contributed by atoms with Crippen LogP contribution in [0.25, 0.3) is 0 Å². The number of furan rings is 1. The van der Waals surface area contributed by atoms with Gasteiger partial charge < -0.3 is 20.8 Å². The summed E-state index contributed by atoms with van der Waals surface area (Å²) >= 11 is 0. The lowest BCUT2D eigenvalue weighted by atomic mass is 10.0. The Morgan fingerprint density at radius 3 is 2.30 bits per heavy atom. The van der Waals surface area contributed by atoms with Gasteiger partial charge in [-0.1, -0.05) is 30.3 Å². The molecule has 2 amide bonds. The Kier molecular flexibility index (Phi) is 5.68. The van der Waals surface area contributed by atoms with Crippen LogP contribution in [-0.4, -0.2) is 17.9 Å². The van der Waals surface area contributed by atoms with E-state index in [0.29, 0.717) is 11.3 Å². The van der Waals surface area contributed by atoms with Crippen LogP contribution in [0.5, 0.6) is 0 Å². The third kappa shape index (κ3) is 4.62. The molecule has 27 heavy (non-hydrogen) atoms. The van der Waals surface area contributed by atoms with Crippen LogP contribution in [0.3, 0.4) is 0 Å². The molecule has 1 heterocycles. The van der Waals surface area contributed by atoms with Gasteiger partial charge in [0.25, 0.3) is 5.91 Å². The maximum atomic E-state index is 12.6. The van der Waals surface area contributed by atoms with Gasteiger partial charge >= 0.3 is 0 Å². The summed E-state index contributed by atoms with van der Waals surface area (Å²) in [7, 11) is 0. The first kappa shape index (κ1) is 18.4. The van der Waals surface area contributed by atoms with E-state index >= 15 is 0 Å². The average Bonchev–Trinajstić information content (AvgIpc) is 3.21. The number of carbonyl (C=O) groups excluding carboxylic acids is 2. The van der Waals surface area contributed by atoms with E-state index in [4.69, 9.17) is 10.2 Å². The van der Waals surface area contributed by atoms with Crippen molar-refractivity contribution in [3.63, 3.8) is 0 Å². The van der Waals surface area contributed by atoms with Crippen LogP contribution in [-0.2, 0) is 4.79 Å². The summed E-state index contributed by atoms with van der Waals surface area (Å²) in [4.78, 5) is 23.7. The summed E-state index contributed by atoms with van der Waals surface area (Å²) in [5.74, 6) is 0.139. The number of anilines is 1. The average molecular weight is 364 g/mol. The number of amides is 2. The molecule has 0 radical (unpaired) electrons. The third-order valence-corrected chi connectivity index (χ3v) is 4.34. The zero-order valence-electron chi connectivity index (χ0n) is 15.0. The van der Waals surface area contributed by atoms with Crippen molar-refractivity contribution in [1.29, 1.82) is 0 Å². The maximum Gasteiger partial charge on any atom is 0.282 e. The van der Waals surface area contributed by atoms with Crippen molar-refractivity contribution in [2.75, 3.05) is 5.32 Å². The van der Waals surface area contributed by atoms with Crippen molar-refractivity contribution >= 4 is 17.5 Å². The largest absolute Gasteiger partial charge is 0.463 e. The number of quaternary nitrogens is 1. The minimum atomic E-state index is -0.501. The highest BCUT2D eigenvalue weighted by Gasteiger charge is 2.26. The Morgan fingerprint density at radius 2 is 1.70 bits per heavy atom. The number of carbonyl (C=O) groups is 2. The Morgan fingerprint density at radius 1 is 1.00 bits per heavy atom. The highest BCUT2D eigenvalue weighted by molar-refractivity contribution is 5.95. The fourth-order valence-corrected chi connectivity index (χ4v) is 2.85. The predicted octanol–water partition coefficient (Wildman–Crippen LogP) is 2.06. The van der Waals surface area contributed by atoms with Crippen molar-refractivity contribution in [2.24, 2.45) is 5.73 Å². The van der Waals surface area contributed by atoms with E-state index in [0.717, 1.165) is 11.3 Å². The number of benzene rings is 2. The number of nitrogens with two attached hydrogens (primary N) is 2. The summed E-state index contributed by atoms with van der Waals surface area (Å²) in [5, 5.41) is 4.82. The second-order valence-electron chi connectivity index (χ2n) is 6.32. The molecule has 0 saturated heterocycles. The molecule has 6 heteroatoms. The first-order valence-electron chi connectivity index (χ1n) is 8.68. The second kappa shape index (κ2) is 8.33. The summed E-state index contributed by atoms with van der Waals surface area (Å²) < 4.78 is 5.58. The fraction of sp³-hybridized carbons (Fsp3) is 0.143. The highest BCUT2D eigenvalue weighted by atomic mass is 16.3. The van der Waals surface area contributed by atoms with E-state index in [1.165, 1.54) is 0 Å². The van der Waals surface area contributed by atoms with Crippen LogP contribution < -0.4 is 16.4 Å². The Hall–Kier alpha value is -3.38. The maximum absolute atomic E-state index is 12.6. The number of rotatable bonds is 7. The molecule has 3 rings (SSSR count). The lowest BCUT2D eigenvalue weighted by molar-refractivity contribution is -0.706. The van der Waals surface area contributed by atoms with Gasteiger partial charge in [-0.05, 0) is 43.3 Å². The van der Waals surface area contributed by atoms with Gasteiger partial charge in [0.05, 0.1) is 6.26 Å². The van der Waals surface area contributed by atoms with Gasteiger partial charge in [-0.25, -0.2) is 0 Å². The number of primary amides is 1. The summed E-state index contributed by atoms with van der Waals surface area (Å²) in [5.41, 5.74) is 7.29. The van der Waals surface area contributed by atoms with E-state index < -0.39 is 5.91 Å². The second-order valence-corrected chi connectivity index (χ2v) is 6.32. The SMILES string of the molecule is C[C@@H]([NH2+][C@@H](c1ccccc1)c1ccco1)C(=O)Nc1ccc(C(N)=O)cc1. The third-order valence-electron chi connectivity index (χ3n) is 4.34. The van der Waals surface area contributed by atoms with Crippen LogP contribution in [0.1, 0.15) is 34.6 Å². The smallest absolute Gasteiger partial charge is 0.282 e. The molecule has 0 fully saturated rings. The molecule has 0 aliphatic heterocycles. The standard InChI is InChI=1S/C21H21N3O3/c1-14(21(26)24-17-11-9-16(10-12-17)20(22)25)23-19(18-8-5-13-27-18)15-6-3-2-4-7-15/h2-14,19,23H,1H3,(H2,22,25)(H,24,26)/p+1/t14-,19+/m1/s1. The minimum absolute atomic E-state index is 0.126. The summed E-state index contributed by atoms with van der Waals surface area (Å²) in [6, 6.07) is 19.6. The lowest BCUT2D eigenvalue weighted by Crippen LogP contribution is -2.92. The van der Waals surface area contributed by atoms with E-state index in [1.54, 1.807) is 30.5 Å². The van der Waals surface area contributed by atoms with Crippen LogP contribution in [0.4, 0.5) is 5.69 Å². The molecule has 2 aromatic carbocycles. The molecule has 5 N–H and O–H groups in total. The first-order valence-corrected chi connectivity index (χ1v) is 8.68. The molecule has 0 aliphatic rings. The van der Waals surface area contributed by atoms with E-state index in [-0.39, 0.29) is 18.0 Å². The molecule has 0 aliphatic carbocycles. The Balaban J connectivity index is 1.70. The Bertz CT molecular complexity index is 890. The summed E-state index contributed by atoms with van der Waals surface area (Å²) in [6.07, 6.45) is 1.63. The highest BCUT2D eigenvalue weighted by Crippen LogP contribution is 2.18. The van der Waals surface area contributed by atoms with Gasteiger partial charge in [0.1, 0.15) is 0 Å². The topological polar surface area (TPSA) is 102 Å². The predicted molar refractivity (Wildman–Crippen MR) is 102 cm³/mol. The Labute approximate surface area is 157 Å². The van der Waals surface area contributed by atoms with E-state index in [9.17, 15) is 9.59 Å². The van der Waals surface area contributed by atoms with Crippen LogP contribution in [0.15, 0.2) is 77.4 Å². The molecule has 1 aromatic heterocycles. The molecule has 0 saturated carbocycles. The van der Waals surface area contributed by atoms with Crippen molar-refractivity contribution in [2.45, 2.75) is 19.0 Å². The van der Waals surface area contributed by atoms with Crippen molar-refractivity contribution in [1.82, 2.24) is 0 Å². The number of hydrogen-bond donors (Lipinski definition) is 3. The molecular weight excluding hydrogens is 342 g/mol. The minimum Gasteiger partial charge on any atom is -0.463 e. The van der Waals surface area contributed by atoms with Gasteiger partial charge in [-0.2, -0.15) is 0 Å². The van der Waals surface area contributed by atoms with Crippen molar-refractivity contribution < 1.29 is 19.3 Å². The lowest BCUT2D eigenvalue weighted by Gasteiger charge is -2.18. The zero-order valence-corrected chi connectivity index (χ0v) is 15.0. The first-order chi connectivity index (χ1) is 13.0. The molecule has 3 aromatic rings. The van der Waals surface area contributed by atoms with Gasteiger partial charge in [0, 0.05) is 16.8 Å². The van der Waals surface area contributed by atoms with Crippen LogP contribution in [0, 0.1) is 0 Å². The molecular formula is C21H22N3O3+. The quantitative estimate of drug-likeness (QED) is 0.598. The molecule has 138 valence electrons. The molecule has 0 bridgehead atoms. The van der Waals surface area contributed by atoms with Crippen LogP contribution >= 0.6 is 0 Å². The number of hydrogen-bond acceptors (Lipinski definition) is 3. The number of nitrogens with one attached hydrogen (secondary N) is 1. The monoisotopic (exact) mass is 364 g/mol. The molecule has 2 atom stereocenters. The summed E-state index contributed by atoms with van der Waals surface area (Å²) in [6.45, 7) is 1.84. The van der Waals surface area contributed by atoms with E-state index in [1.807, 2.05) is 54.7 Å². The van der Waals surface area contributed by atoms with Crippen molar-refractivity contribution in [3.05, 3.63) is 89.9 Å². The van der Waals surface area contributed by atoms with E-state index in [2.05, 4.69) is 5.32 Å².